The highest BCUT2D eigenvalue weighted by molar-refractivity contribution is 7.91. The second-order valence-corrected chi connectivity index (χ2v) is 6.14. The Morgan fingerprint density at radius 3 is 1.33 bits per heavy atom. The first-order chi connectivity index (χ1) is 9.85. The third kappa shape index (κ3) is 2.82. The van der Waals surface area contributed by atoms with Crippen molar-refractivity contribution in [1.82, 2.24) is 0 Å². The van der Waals surface area contributed by atoms with Crippen LogP contribution >= 0.6 is 0 Å². The van der Waals surface area contributed by atoms with Gasteiger partial charge in [0.2, 0.25) is 9.84 Å². The SMILES string of the molecule is NN(N)c1ccccc1S(=O)(=O)c1ccccc1N(N)N. The third-order valence-electron chi connectivity index (χ3n) is 2.87. The molecule has 0 amide bonds. The second kappa shape index (κ2) is 5.68. The van der Waals surface area contributed by atoms with Crippen LogP contribution in [-0.2, 0) is 9.84 Å². The molecule has 8 nitrogen and oxygen atoms in total. The fraction of sp³-hybridized carbons (Fsp3) is 0. The summed E-state index contributed by atoms with van der Waals surface area (Å²) in [7, 11) is -3.89. The molecule has 0 spiro atoms. The molecule has 21 heavy (non-hydrogen) atoms. The highest BCUT2D eigenvalue weighted by atomic mass is 32.2. The Balaban J connectivity index is 2.70. The van der Waals surface area contributed by atoms with Crippen molar-refractivity contribution in [3.05, 3.63) is 48.5 Å². The molecule has 0 aliphatic carbocycles. The largest absolute Gasteiger partial charge is 0.246 e. The first-order valence-electron chi connectivity index (χ1n) is 5.88. The van der Waals surface area contributed by atoms with Crippen LogP contribution in [0.15, 0.2) is 58.3 Å². The van der Waals surface area contributed by atoms with Crippen molar-refractivity contribution in [2.45, 2.75) is 9.79 Å². The summed E-state index contributed by atoms with van der Waals surface area (Å²) in [6.45, 7) is 0. The number of benzene rings is 2. The zero-order valence-corrected chi connectivity index (χ0v) is 11.9. The third-order valence-corrected chi connectivity index (χ3v) is 4.71. The molecule has 2 rings (SSSR count). The smallest absolute Gasteiger partial charge is 0.210 e. The summed E-state index contributed by atoms with van der Waals surface area (Å²) in [6, 6.07) is 12.2. The van der Waals surface area contributed by atoms with Crippen LogP contribution in [0.25, 0.3) is 0 Å². The predicted octanol–water partition coefficient (Wildman–Crippen LogP) is -0.373. The molecule has 2 aromatic carbocycles. The fourth-order valence-corrected chi connectivity index (χ4v) is 3.56. The normalized spacial score (nSPS) is 11.2. The molecule has 0 aromatic heterocycles. The molecule has 0 bridgehead atoms. The van der Waals surface area contributed by atoms with Crippen LogP contribution in [-0.4, -0.2) is 8.42 Å². The van der Waals surface area contributed by atoms with Crippen LogP contribution < -0.4 is 33.6 Å². The highest BCUT2D eigenvalue weighted by Gasteiger charge is 2.26. The molecule has 0 saturated heterocycles. The van der Waals surface area contributed by atoms with Gasteiger partial charge in [-0.3, -0.25) is 0 Å². The number of hydrazine groups is 4. The summed E-state index contributed by atoms with van der Waals surface area (Å²) in [5.41, 5.74) is 0.320. The number of hydrogen-bond acceptors (Lipinski definition) is 8. The lowest BCUT2D eigenvalue weighted by Gasteiger charge is -2.19. The molecule has 0 unspecified atom stereocenters. The predicted molar refractivity (Wildman–Crippen MR) is 80.0 cm³/mol. The van der Waals surface area contributed by atoms with Gasteiger partial charge >= 0.3 is 0 Å². The van der Waals surface area contributed by atoms with E-state index >= 15 is 0 Å². The molecule has 0 fully saturated rings. The Labute approximate surface area is 122 Å². The number of nitrogens with two attached hydrogens (primary N) is 4. The zero-order valence-electron chi connectivity index (χ0n) is 11.0. The lowest BCUT2D eigenvalue weighted by Crippen LogP contribution is -2.39. The molecule has 0 aliphatic rings. The van der Waals surface area contributed by atoms with Crippen molar-refractivity contribution in [1.29, 1.82) is 0 Å². The van der Waals surface area contributed by atoms with Crippen molar-refractivity contribution in [2.75, 3.05) is 10.2 Å². The van der Waals surface area contributed by atoms with E-state index in [1.54, 1.807) is 24.3 Å². The first kappa shape index (κ1) is 15.2. The molecule has 0 radical (unpaired) electrons. The van der Waals surface area contributed by atoms with E-state index in [4.69, 9.17) is 23.4 Å². The van der Waals surface area contributed by atoms with Gasteiger partial charge in [0.15, 0.2) is 0 Å². The number of anilines is 2. The van der Waals surface area contributed by atoms with Crippen LogP contribution in [0.3, 0.4) is 0 Å². The fourth-order valence-electron chi connectivity index (χ4n) is 1.91. The molecular formula is C12H16N6O2S. The van der Waals surface area contributed by atoms with Gasteiger partial charge in [-0.05, 0) is 24.3 Å². The maximum absolute atomic E-state index is 12.8. The van der Waals surface area contributed by atoms with Gasteiger partial charge in [-0.25, -0.2) is 42.0 Å². The Morgan fingerprint density at radius 1 is 0.667 bits per heavy atom. The average molecular weight is 308 g/mol. The summed E-state index contributed by atoms with van der Waals surface area (Å²) in [4.78, 5) is -0.0754. The minimum Gasteiger partial charge on any atom is -0.246 e. The molecule has 0 saturated carbocycles. The van der Waals surface area contributed by atoms with Gasteiger partial charge in [0, 0.05) is 0 Å². The minimum atomic E-state index is -3.89. The molecular weight excluding hydrogens is 292 g/mol. The summed E-state index contributed by atoms with van der Waals surface area (Å²) in [5, 5.41) is 1.50. The monoisotopic (exact) mass is 308 g/mol. The van der Waals surface area contributed by atoms with E-state index in [9.17, 15) is 8.42 Å². The summed E-state index contributed by atoms with van der Waals surface area (Å²) < 4.78 is 25.6. The average Bonchev–Trinajstić information content (AvgIpc) is 2.47. The number of rotatable bonds is 4. The van der Waals surface area contributed by atoms with Crippen molar-refractivity contribution in [3.63, 3.8) is 0 Å². The van der Waals surface area contributed by atoms with Crippen molar-refractivity contribution in [3.8, 4) is 0 Å². The zero-order chi connectivity index (χ0) is 15.6. The summed E-state index contributed by atoms with van der Waals surface area (Å²) >= 11 is 0. The molecule has 112 valence electrons. The van der Waals surface area contributed by atoms with Crippen LogP contribution in [0.1, 0.15) is 0 Å². The van der Waals surface area contributed by atoms with Gasteiger partial charge in [0.05, 0.1) is 21.2 Å². The Morgan fingerprint density at radius 2 is 1.00 bits per heavy atom. The van der Waals surface area contributed by atoms with E-state index < -0.39 is 9.84 Å². The second-order valence-electron chi connectivity index (χ2n) is 4.25. The van der Waals surface area contributed by atoms with Crippen molar-refractivity contribution >= 4 is 21.2 Å². The van der Waals surface area contributed by atoms with E-state index in [0.29, 0.717) is 0 Å². The van der Waals surface area contributed by atoms with Crippen LogP contribution in [0, 0.1) is 0 Å². The van der Waals surface area contributed by atoms with Crippen molar-refractivity contribution in [2.24, 2.45) is 23.4 Å². The van der Waals surface area contributed by atoms with E-state index in [0.717, 1.165) is 10.2 Å². The quantitative estimate of drug-likeness (QED) is 0.442. The maximum atomic E-state index is 12.8. The Hall–Kier alpha value is -2.17. The number of para-hydroxylation sites is 2. The standard InChI is InChI=1S/C12H16N6O2S/c13-17(14)9-5-1-3-7-11(9)21(19,20)12-8-4-2-6-10(12)18(15)16/h1-8H,13-16H2. The van der Waals surface area contributed by atoms with Gasteiger partial charge in [0.1, 0.15) is 0 Å². The molecule has 9 heteroatoms. The van der Waals surface area contributed by atoms with E-state index in [1.165, 1.54) is 24.3 Å². The molecule has 0 atom stereocenters. The minimum absolute atomic E-state index is 0.0377. The molecule has 0 heterocycles. The van der Waals surface area contributed by atoms with Gasteiger partial charge in [-0.2, -0.15) is 0 Å². The van der Waals surface area contributed by atoms with Crippen LogP contribution in [0.2, 0.25) is 0 Å². The van der Waals surface area contributed by atoms with Crippen molar-refractivity contribution < 1.29 is 8.42 Å². The number of nitrogens with zero attached hydrogens (tertiary/aromatic N) is 2. The first-order valence-corrected chi connectivity index (χ1v) is 7.36. The molecule has 8 N–H and O–H groups in total. The lowest BCUT2D eigenvalue weighted by atomic mass is 10.3. The lowest BCUT2D eigenvalue weighted by molar-refractivity contribution is 0.595. The van der Waals surface area contributed by atoms with E-state index in [2.05, 4.69) is 0 Å². The Bertz CT molecular complexity index is 687. The van der Waals surface area contributed by atoms with Gasteiger partial charge in [-0.1, -0.05) is 24.3 Å². The Kier molecular flexibility index (Phi) is 4.11. The number of hydrogen-bond donors (Lipinski definition) is 4. The maximum Gasteiger partial charge on any atom is 0.210 e. The van der Waals surface area contributed by atoms with Gasteiger partial charge in [-0.15, -0.1) is 0 Å². The molecule has 0 aliphatic heterocycles. The van der Waals surface area contributed by atoms with Crippen LogP contribution in [0.5, 0.6) is 0 Å². The number of sulfone groups is 1. The van der Waals surface area contributed by atoms with Gasteiger partial charge < -0.3 is 0 Å². The topological polar surface area (TPSA) is 145 Å². The van der Waals surface area contributed by atoms with E-state index in [1.807, 2.05) is 0 Å². The van der Waals surface area contributed by atoms with Gasteiger partial charge in [0.25, 0.3) is 0 Å². The summed E-state index contributed by atoms with van der Waals surface area (Å²) in [6.07, 6.45) is 0. The van der Waals surface area contributed by atoms with Crippen LogP contribution in [0.4, 0.5) is 11.4 Å². The van der Waals surface area contributed by atoms with E-state index in [-0.39, 0.29) is 21.2 Å². The molecule has 2 aromatic rings. The highest BCUT2D eigenvalue weighted by Crippen LogP contribution is 2.32. The summed E-state index contributed by atoms with van der Waals surface area (Å²) in [5.74, 6) is 21.9.